The second-order valence-corrected chi connectivity index (χ2v) is 4.30. The van der Waals surface area contributed by atoms with E-state index >= 15 is 0 Å². The number of ether oxygens (including phenoxy) is 1. The summed E-state index contributed by atoms with van der Waals surface area (Å²) in [6.07, 6.45) is 2.35. The van der Waals surface area contributed by atoms with E-state index in [1.165, 1.54) is 0 Å². The standard InChI is InChI=1S/C11H13BrO2/c1-3-4-5-11(2)8-9(11)10(13)14-7-6-12/h3,9H,1,6-8H2,2H3/t9-,11-/m1/s1. The van der Waals surface area contributed by atoms with Gasteiger partial charge in [-0.1, -0.05) is 34.3 Å². The second kappa shape index (κ2) is 4.65. The lowest BCUT2D eigenvalue weighted by Gasteiger charge is -2.03. The topological polar surface area (TPSA) is 26.3 Å². The Morgan fingerprint density at radius 2 is 2.57 bits per heavy atom. The number of carbonyl (C=O) groups excluding carboxylic acids is 1. The van der Waals surface area contributed by atoms with Crippen LogP contribution in [0.3, 0.4) is 0 Å². The van der Waals surface area contributed by atoms with Crippen LogP contribution in [0.25, 0.3) is 0 Å². The molecule has 1 rings (SSSR count). The van der Waals surface area contributed by atoms with Crippen LogP contribution >= 0.6 is 15.9 Å². The van der Waals surface area contributed by atoms with Gasteiger partial charge in [-0.15, -0.1) is 0 Å². The van der Waals surface area contributed by atoms with Crippen molar-refractivity contribution in [2.45, 2.75) is 13.3 Å². The summed E-state index contributed by atoms with van der Waals surface area (Å²) in [6, 6.07) is 0. The zero-order chi connectivity index (χ0) is 10.6. The Morgan fingerprint density at radius 1 is 1.86 bits per heavy atom. The molecule has 2 nitrogen and oxygen atoms in total. The minimum atomic E-state index is -0.183. The maximum atomic E-state index is 11.4. The average molecular weight is 257 g/mol. The maximum absolute atomic E-state index is 11.4. The Hall–Kier alpha value is -0.750. The van der Waals surface area contributed by atoms with E-state index in [1.54, 1.807) is 6.08 Å². The van der Waals surface area contributed by atoms with Gasteiger partial charge < -0.3 is 4.74 Å². The molecule has 2 atom stereocenters. The summed E-state index contributed by atoms with van der Waals surface area (Å²) in [5.41, 5.74) is -0.183. The van der Waals surface area contributed by atoms with Gasteiger partial charge in [0.25, 0.3) is 0 Å². The van der Waals surface area contributed by atoms with Crippen molar-refractivity contribution < 1.29 is 9.53 Å². The normalized spacial score (nSPS) is 28.6. The van der Waals surface area contributed by atoms with Gasteiger partial charge >= 0.3 is 5.97 Å². The van der Waals surface area contributed by atoms with Gasteiger partial charge in [0.05, 0.1) is 5.92 Å². The van der Waals surface area contributed by atoms with Crippen LogP contribution in [0.1, 0.15) is 13.3 Å². The second-order valence-electron chi connectivity index (χ2n) is 3.50. The largest absolute Gasteiger partial charge is 0.465 e. The van der Waals surface area contributed by atoms with Crippen molar-refractivity contribution in [2.24, 2.45) is 11.3 Å². The number of hydrogen-bond donors (Lipinski definition) is 0. The van der Waals surface area contributed by atoms with Gasteiger partial charge in [0.1, 0.15) is 6.61 Å². The molecule has 1 aliphatic rings. The van der Waals surface area contributed by atoms with Crippen LogP contribution in [0.2, 0.25) is 0 Å². The highest BCUT2D eigenvalue weighted by Crippen LogP contribution is 2.52. The van der Waals surface area contributed by atoms with E-state index in [2.05, 4.69) is 34.3 Å². The molecule has 0 aromatic carbocycles. The fourth-order valence-electron chi connectivity index (χ4n) is 1.30. The van der Waals surface area contributed by atoms with Gasteiger partial charge in [-0.05, 0) is 19.4 Å². The molecular weight excluding hydrogens is 244 g/mol. The van der Waals surface area contributed by atoms with E-state index in [4.69, 9.17) is 4.74 Å². The van der Waals surface area contributed by atoms with Crippen LogP contribution in [0.15, 0.2) is 12.7 Å². The quantitative estimate of drug-likeness (QED) is 0.440. The number of halogens is 1. The molecule has 1 aliphatic carbocycles. The van der Waals surface area contributed by atoms with Gasteiger partial charge in [0.15, 0.2) is 0 Å². The summed E-state index contributed by atoms with van der Waals surface area (Å²) >= 11 is 3.20. The SMILES string of the molecule is C=CC#C[C@]1(C)C[C@@H]1C(=O)OCCBr. The first-order valence-corrected chi connectivity index (χ1v) is 5.62. The van der Waals surface area contributed by atoms with Crippen molar-refractivity contribution in [3.05, 3.63) is 12.7 Å². The van der Waals surface area contributed by atoms with Crippen molar-refractivity contribution >= 4 is 21.9 Å². The van der Waals surface area contributed by atoms with Crippen LogP contribution in [-0.4, -0.2) is 17.9 Å². The highest BCUT2D eigenvalue weighted by molar-refractivity contribution is 9.09. The van der Waals surface area contributed by atoms with Crippen molar-refractivity contribution in [1.29, 1.82) is 0 Å². The Morgan fingerprint density at radius 3 is 3.14 bits per heavy atom. The number of allylic oxidation sites excluding steroid dienone is 1. The summed E-state index contributed by atoms with van der Waals surface area (Å²) in [5, 5.41) is 0.681. The predicted molar refractivity (Wildman–Crippen MR) is 58.9 cm³/mol. The molecule has 76 valence electrons. The highest BCUT2D eigenvalue weighted by Gasteiger charge is 2.54. The first-order valence-electron chi connectivity index (χ1n) is 4.50. The third-order valence-corrected chi connectivity index (χ3v) is 2.63. The molecule has 1 saturated carbocycles. The molecule has 0 amide bonds. The summed E-state index contributed by atoms with van der Waals surface area (Å²) in [7, 11) is 0. The fourth-order valence-corrected chi connectivity index (χ4v) is 1.46. The predicted octanol–water partition coefficient (Wildman–Crippen LogP) is 2.14. The zero-order valence-electron chi connectivity index (χ0n) is 8.18. The molecule has 0 bridgehead atoms. The van der Waals surface area contributed by atoms with Gasteiger partial charge in [0, 0.05) is 10.7 Å². The van der Waals surface area contributed by atoms with E-state index < -0.39 is 0 Å². The third kappa shape index (κ3) is 2.62. The molecule has 0 radical (unpaired) electrons. The molecule has 0 saturated heterocycles. The summed E-state index contributed by atoms with van der Waals surface area (Å²) in [6.45, 7) is 5.92. The molecule has 3 heteroatoms. The first-order chi connectivity index (χ1) is 6.64. The lowest BCUT2D eigenvalue weighted by Crippen LogP contribution is -2.12. The fraction of sp³-hybridized carbons (Fsp3) is 0.545. The molecular formula is C11H13BrO2. The molecule has 1 fully saturated rings. The van der Waals surface area contributed by atoms with Gasteiger partial charge in [0.2, 0.25) is 0 Å². The molecule has 0 aromatic heterocycles. The molecule has 0 aliphatic heterocycles. The lowest BCUT2D eigenvalue weighted by atomic mass is 10.1. The molecule has 0 unspecified atom stereocenters. The van der Waals surface area contributed by atoms with E-state index in [0.717, 1.165) is 6.42 Å². The molecule has 0 N–H and O–H groups in total. The Labute approximate surface area is 92.8 Å². The van der Waals surface area contributed by atoms with Gasteiger partial charge in [-0.25, -0.2) is 0 Å². The van der Waals surface area contributed by atoms with E-state index in [-0.39, 0.29) is 17.3 Å². The number of hydrogen-bond acceptors (Lipinski definition) is 2. The van der Waals surface area contributed by atoms with Crippen molar-refractivity contribution in [2.75, 3.05) is 11.9 Å². The average Bonchev–Trinajstić information content (AvgIpc) is 2.85. The molecule has 0 spiro atoms. The number of alkyl halides is 1. The summed E-state index contributed by atoms with van der Waals surface area (Å²) < 4.78 is 5.01. The lowest BCUT2D eigenvalue weighted by molar-refractivity contribution is -0.145. The van der Waals surface area contributed by atoms with Crippen molar-refractivity contribution in [3.8, 4) is 11.8 Å². The summed E-state index contributed by atoms with van der Waals surface area (Å²) in [5.74, 6) is 5.62. The van der Waals surface area contributed by atoms with Crippen LogP contribution in [-0.2, 0) is 9.53 Å². The first kappa shape index (κ1) is 11.3. The number of rotatable bonds is 3. The van der Waals surface area contributed by atoms with Crippen molar-refractivity contribution in [1.82, 2.24) is 0 Å². The molecule has 0 aromatic rings. The van der Waals surface area contributed by atoms with Crippen molar-refractivity contribution in [3.63, 3.8) is 0 Å². The monoisotopic (exact) mass is 256 g/mol. The minimum Gasteiger partial charge on any atom is -0.465 e. The Balaban J connectivity index is 2.44. The maximum Gasteiger partial charge on any atom is 0.310 e. The van der Waals surface area contributed by atoms with Crippen LogP contribution in [0, 0.1) is 23.2 Å². The number of carbonyl (C=O) groups is 1. The van der Waals surface area contributed by atoms with Crippen LogP contribution in [0.5, 0.6) is 0 Å². The van der Waals surface area contributed by atoms with Crippen LogP contribution < -0.4 is 0 Å². The van der Waals surface area contributed by atoms with Gasteiger partial charge in [-0.3, -0.25) is 4.79 Å². The zero-order valence-corrected chi connectivity index (χ0v) is 9.76. The van der Waals surface area contributed by atoms with E-state index in [1.807, 2.05) is 6.92 Å². The minimum absolute atomic E-state index is 0.0472. The van der Waals surface area contributed by atoms with E-state index in [0.29, 0.717) is 11.9 Å². The molecule has 14 heavy (non-hydrogen) atoms. The van der Waals surface area contributed by atoms with Crippen LogP contribution in [0.4, 0.5) is 0 Å². The Kier molecular flexibility index (Phi) is 3.77. The van der Waals surface area contributed by atoms with Gasteiger partial charge in [-0.2, -0.15) is 0 Å². The van der Waals surface area contributed by atoms with E-state index in [9.17, 15) is 4.79 Å². The summed E-state index contributed by atoms with van der Waals surface area (Å²) in [4.78, 5) is 11.4. The number of esters is 1. The highest BCUT2D eigenvalue weighted by atomic mass is 79.9. The smallest absolute Gasteiger partial charge is 0.310 e. The molecule has 0 heterocycles. The third-order valence-electron chi connectivity index (χ3n) is 2.30. The Bertz CT molecular complexity index is 300.